The molecule has 1 N–H and O–H groups in total. The normalized spacial score (nSPS) is 19.1. The molecule has 0 atom stereocenters. The van der Waals surface area contributed by atoms with Crippen molar-refractivity contribution in [1.82, 2.24) is 0 Å². The third-order valence-corrected chi connectivity index (χ3v) is 2.80. The molecule has 1 aromatic carbocycles. The summed E-state index contributed by atoms with van der Waals surface area (Å²) in [5, 5.41) is 9.74. The van der Waals surface area contributed by atoms with Gasteiger partial charge in [-0.05, 0) is 28.1 Å². The van der Waals surface area contributed by atoms with Crippen LogP contribution in [0.5, 0.6) is 0 Å². The fourth-order valence-electron chi connectivity index (χ4n) is 1.39. The Morgan fingerprint density at radius 3 is 2.50 bits per heavy atom. The monoisotopic (exact) mass is 264 g/mol. The van der Waals surface area contributed by atoms with Gasteiger partial charge in [-0.3, -0.25) is 0 Å². The standard InChI is InChI=1S/C9H7BrF2O2/c10-5-1-2-6(11)7(8(5)12)9(13)3-14-4-9/h1-2,13H,3-4H2. The van der Waals surface area contributed by atoms with E-state index in [1.807, 2.05) is 0 Å². The molecule has 0 spiro atoms. The Morgan fingerprint density at radius 1 is 1.36 bits per heavy atom. The fourth-order valence-corrected chi connectivity index (χ4v) is 1.72. The minimum Gasteiger partial charge on any atom is -0.380 e. The molecule has 1 aromatic rings. The average molecular weight is 265 g/mol. The first-order chi connectivity index (χ1) is 6.54. The summed E-state index contributed by atoms with van der Waals surface area (Å²) in [6.07, 6.45) is 0. The first-order valence-electron chi connectivity index (χ1n) is 3.99. The van der Waals surface area contributed by atoms with Gasteiger partial charge in [0, 0.05) is 0 Å². The molecule has 1 aliphatic heterocycles. The molecule has 5 heteroatoms. The zero-order valence-corrected chi connectivity index (χ0v) is 8.64. The Labute approximate surface area is 87.6 Å². The summed E-state index contributed by atoms with van der Waals surface area (Å²) in [7, 11) is 0. The van der Waals surface area contributed by atoms with Crippen LogP contribution in [0.4, 0.5) is 8.78 Å². The molecule has 0 aromatic heterocycles. The number of halogens is 3. The maximum Gasteiger partial charge on any atom is 0.146 e. The number of hydrogen-bond acceptors (Lipinski definition) is 2. The van der Waals surface area contributed by atoms with E-state index in [-0.39, 0.29) is 23.2 Å². The molecule has 0 bridgehead atoms. The van der Waals surface area contributed by atoms with Crippen molar-refractivity contribution >= 4 is 15.9 Å². The SMILES string of the molecule is OC1(c2c(F)ccc(Br)c2F)COC1. The van der Waals surface area contributed by atoms with Gasteiger partial charge in [-0.2, -0.15) is 0 Å². The minimum atomic E-state index is -1.52. The van der Waals surface area contributed by atoms with Crippen LogP contribution in [0.2, 0.25) is 0 Å². The predicted octanol–water partition coefficient (Wildman–Crippen LogP) is 1.95. The van der Waals surface area contributed by atoms with Gasteiger partial charge in [0.05, 0.1) is 23.2 Å². The van der Waals surface area contributed by atoms with Gasteiger partial charge in [0.15, 0.2) is 0 Å². The second-order valence-corrected chi connectivity index (χ2v) is 4.10. The van der Waals surface area contributed by atoms with Crippen molar-refractivity contribution in [3.63, 3.8) is 0 Å². The molecule has 14 heavy (non-hydrogen) atoms. The molecular formula is C9H7BrF2O2. The van der Waals surface area contributed by atoms with Gasteiger partial charge in [0.25, 0.3) is 0 Å². The van der Waals surface area contributed by atoms with E-state index in [0.29, 0.717) is 0 Å². The second-order valence-electron chi connectivity index (χ2n) is 3.24. The van der Waals surface area contributed by atoms with Gasteiger partial charge in [0.2, 0.25) is 0 Å². The first kappa shape index (κ1) is 10.0. The molecule has 1 saturated heterocycles. The molecule has 0 saturated carbocycles. The van der Waals surface area contributed by atoms with E-state index in [0.717, 1.165) is 6.07 Å². The third-order valence-electron chi connectivity index (χ3n) is 2.19. The maximum absolute atomic E-state index is 13.5. The van der Waals surface area contributed by atoms with Gasteiger partial charge in [0.1, 0.15) is 17.2 Å². The molecule has 0 unspecified atom stereocenters. The molecule has 1 aliphatic rings. The zero-order chi connectivity index (χ0) is 10.3. The molecule has 2 nitrogen and oxygen atoms in total. The van der Waals surface area contributed by atoms with Gasteiger partial charge in [-0.25, -0.2) is 8.78 Å². The number of aliphatic hydroxyl groups is 1. The summed E-state index contributed by atoms with van der Waals surface area (Å²) in [6, 6.07) is 2.37. The molecular weight excluding hydrogens is 258 g/mol. The van der Waals surface area contributed by atoms with Crippen LogP contribution < -0.4 is 0 Å². The molecule has 0 amide bonds. The fraction of sp³-hybridized carbons (Fsp3) is 0.333. The smallest absolute Gasteiger partial charge is 0.146 e. The van der Waals surface area contributed by atoms with Crippen LogP contribution in [0.25, 0.3) is 0 Å². The number of benzene rings is 1. The lowest BCUT2D eigenvalue weighted by molar-refractivity contribution is -0.187. The summed E-state index contributed by atoms with van der Waals surface area (Å²) in [5.41, 5.74) is -1.84. The summed E-state index contributed by atoms with van der Waals surface area (Å²) in [6.45, 7) is -0.144. The van der Waals surface area contributed by atoms with E-state index >= 15 is 0 Å². The van der Waals surface area contributed by atoms with E-state index in [2.05, 4.69) is 15.9 Å². The van der Waals surface area contributed by atoms with Gasteiger partial charge in [-0.1, -0.05) is 0 Å². The van der Waals surface area contributed by atoms with Crippen molar-refractivity contribution in [3.05, 3.63) is 33.8 Å². The lowest BCUT2D eigenvalue weighted by Gasteiger charge is -2.37. The summed E-state index contributed by atoms with van der Waals surface area (Å²) in [4.78, 5) is 0. The van der Waals surface area contributed by atoms with Crippen molar-refractivity contribution in [2.45, 2.75) is 5.60 Å². The number of hydrogen-bond donors (Lipinski definition) is 1. The van der Waals surface area contributed by atoms with Crippen molar-refractivity contribution in [2.75, 3.05) is 13.2 Å². The van der Waals surface area contributed by atoms with Crippen LogP contribution in [0, 0.1) is 11.6 Å². The van der Waals surface area contributed by atoms with Crippen LogP contribution in [-0.4, -0.2) is 18.3 Å². The lowest BCUT2D eigenvalue weighted by Crippen LogP contribution is -2.47. The highest BCUT2D eigenvalue weighted by molar-refractivity contribution is 9.10. The highest BCUT2D eigenvalue weighted by Crippen LogP contribution is 2.35. The maximum atomic E-state index is 13.5. The van der Waals surface area contributed by atoms with E-state index < -0.39 is 17.2 Å². The van der Waals surface area contributed by atoms with Crippen molar-refractivity contribution in [1.29, 1.82) is 0 Å². The van der Waals surface area contributed by atoms with Crippen LogP contribution in [0.3, 0.4) is 0 Å². The topological polar surface area (TPSA) is 29.5 Å². The molecule has 1 heterocycles. The zero-order valence-electron chi connectivity index (χ0n) is 7.06. The Hall–Kier alpha value is -0.520. The quantitative estimate of drug-likeness (QED) is 0.786. The van der Waals surface area contributed by atoms with Gasteiger partial charge in [-0.15, -0.1) is 0 Å². The van der Waals surface area contributed by atoms with Gasteiger partial charge < -0.3 is 9.84 Å². The largest absolute Gasteiger partial charge is 0.380 e. The van der Waals surface area contributed by atoms with Crippen molar-refractivity contribution in [2.24, 2.45) is 0 Å². The van der Waals surface area contributed by atoms with Gasteiger partial charge >= 0.3 is 0 Å². The Balaban J connectivity index is 2.56. The number of ether oxygens (including phenoxy) is 1. The molecule has 0 aliphatic carbocycles. The molecule has 2 rings (SSSR count). The van der Waals surface area contributed by atoms with Crippen LogP contribution >= 0.6 is 15.9 Å². The molecule has 1 fully saturated rings. The lowest BCUT2D eigenvalue weighted by atomic mass is 9.91. The minimum absolute atomic E-state index is 0.0721. The second kappa shape index (κ2) is 3.25. The highest BCUT2D eigenvalue weighted by atomic mass is 79.9. The van der Waals surface area contributed by atoms with Crippen LogP contribution in [-0.2, 0) is 10.3 Å². The Bertz CT molecular complexity index is 377. The van der Waals surface area contributed by atoms with Crippen LogP contribution in [0.15, 0.2) is 16.6 Å². The summed E-state index contributed by atoms with van der Waals surface area (Å²) >= 11 is 2.93. The Morgan fingerprint density at radius 2 is 2.00 bits per heavy atom. The molecule has 76 valence electrons. The molecule has 0 radical (unpaired) electrons. The van der Waals surface area contributed by atoms with E-state index in [9.17, 15) is 13.9 Å². The first-order valence-corrected chi connectivity index (χ1v) is 4.78. The van der Waals surface area contributed by atoms with E-state index in [4.69, 9.17) is 4.74 Å². The van der Waals surface area contributed by atoms with Crippen molar-refractivity contribution < 1.29 is 18.6 Å². The highest BCUT2D eigenvalue weighted by Gasteiger charge is 2.42. The Kier molecular flexibility index (Phi) is 2.33. The number of rotatable bonds is 1. The summed E-state index contributed by atoms with van der Waals surface area (Å²) in [5.74, 6) is -1.52. The van der Waals surface area contributed by atoms with Crippen LogP contribution in [0.1, 0.15) is 5.56 Å². The average Bonchev–Trinajstić information content (AvgIpc) is 2.09. The van der Waals surface area contributed by atoms with E-state index in [1.54, 1.807) is 0 Å². The van der Waals surface area contributed by atoms with Crippen molar-refractivity contribution in [3.8, 4) is 0 Å². The van der Waals surface area contributed by atoms with E-state index in [1.165, 1.54) is 6.07 Å². The summed E-state index contributed by atoms with van der Waals surface area (Å²) < 4.78 is 31.6. The third kappa shape index (κ3) is 1.36. The predicted molar refractivity (Wildman–Crippen MR) is 48.8 cm³/mol.